The van der Waals surface area contributed by atoms with E-state index >= 15 is 0 Å². The number of piperidine rings is 1. The molecule has 174 valence electrons. The van der Waals surface area contributed by atoms with Crippen LogP contribution in [0.5, 0.6) is 5.75 Å². The number of aryl methyl sites for hydroxylation is 1. The van der Waals surface area contributed by atoms with E-state index in [2.05, 4.69) is 55.1 Å². The minimum absolute atomic E-state index is 0.129. The average Bonchev–Trinajstić information content (AvgIpc) is 3.26. The molecule has 0 aliphatic carbocycles. The molecule has 3 aromatic rings. The summed E-state index contributed by atoms with van der Waals surface area (Å²) in [5.41, 5.74) is 4.15. The topological polar surface area (TPSA) is 45.7 Å². The van der Waals surface area contributed by atoms with Crippen molar-refractivity contribution in [2.24, 2.45) is 0 Å². The Morgan fingerprint density at radius 2 is 1.55 bits per heavy atom. The summed E-state index contributed by atoms with van der Waals surface area (Å²) in [6.07, 6.45) is 2.09. The van der Waals surface area contributed by atoms with Crippen molar-refractivity contribution in [3.05, 3.63) is 59.1 Å². The van der Waals surface area contributed by atoms with Gasteiger partial charge in [-0.15, -0.1) is 11.3 Å². The van der Waals surface area contributed by atoms with Gasteiger partial charge in [-0.05, 0) is 56.1 Å². The van der Waals surface area contributed by atoms with E-state index in [1.54, 1.807) is 7.11 Å². The van der Waals surface area contributed by atoms with E-state index in [9.17, 15) is 4.79 Å². The van der Waals surface area contributed by atoms with Crippen LogP contribution in [0.4, 0.5) is 0 Å². The van der Waals surface area contributed by atoms with Crippen molar-refractivity contribution in [1.82, 2.24) is 14.8 Å². The number of likely N-dealkylation sites (tertiary alicyclic amines) is 1. The Morgan fingerprint density at radius 3 is 2.09 bits per heavy atom. The smallest absolute Gasteiger partial charge is 0.265 e. The van der Waals surface area contributed by atoms with Crippen LogP contribution < -0.4 is 4.74 Å². The van der Waals surface area contributed by atoms with Gasteiger partial charge in [-0.25, -0.2) is 4.98 Å². The zero-order chi connectivity index (χ0) is 23.4. The average molecular weight is 464 g/mol. The van der Waals surface area contributed by atoms with Gasteiger partial charge in [0.2, 0.25) is 0 Å². The molecule has 0 saturated carbocycles. The summed E-state index contributed by atoms with van der Waals surface area (Å²) in [5, 5.41) is 0.898. The first-order valence-corrected chi connectivity index (χ1v) is 12.6. The molecule has 0 bridgehead atoms. The lowest BCUT2D eigenvalue weighted by Crippen LogP contribution is -2.46. The molecule has 1 aromatic heterocycles. The summed E-state index contributed by atoms with van der Waals surface area (Å²) in [6, 6.07) is 17.0. The van der Waals surface area contributed by atoms with Crippen LogP contribution in [0.1, 0.15) is 42.1 Å². The molecule has 1 aliphatic heterocycles. The number of hydrogen-bond acceptors (Lipinski definition) is 5. The van der Waals surface area contributed by atoms with E-state index in [0.29, 0.717) is 6.04 Å². The predicted molar refractivity (Wildman–Crippen MR) is 136 cm³/mol. The van der Waals surface area contributed by atoms with E-state index < -0.39 is 0 Å². The highest BCUT2D eigenvalue weighted by Crippen LogP contribution is 2.32. The molecule has 0 N–H and O–H groups in total. The van der Waals surface area contributed by atoms with Crippen LogP contribution >= 0.6 is 11.3 Å². The summed E-state index contributed by atoms with van der Waals surface area (Å²) in [6.45, 7) is 10.2. The molecule has 2 heterocycles. The molecule has 1 fully saturated rings. The Balaban J connectivity index is 1.45. The summed E-state index contributed by atoms with van der Waals surface area (Å²) in [4.78, 5) is 23.3. The maximum absolute atomic E-state index is 13.2. The van der Waals surface area contributed by atoms with Crippen molar-refractivity contribution in [1.29, 1.82) is 0 Å². The lowest BCUT2D eigenvalue weighted by molar-refractivity contribution is 0.0635. The molecule has 1 amide bonds. The zero-order valence-electron chi connectivity index (χ0n) is 20.0. The first-order chi connectivity index (χ1) is 16.0. The van der Waals surface area contributed by atoms with Gasteiger partial charge in [0.1, 0.15) is 15.6 Å². The van der Waals surface area contributed by atoms with E-state index in [1.807, 2.05) is 24.0 Å². The first-order valence-electron chi connectivity index (χ1n) is 11.8. The van der Waals surface area contributed by atoms with Crippen LogP contribution in [-0.2, 0) is 0 Å². The van der Waals surface area contributed by atoms with Gasteiger partial charge in [0.05, 0.1) is 12.8 Å². The van der Waals surface area contributed by atoms with Crippen molar-refractivity contribution in [2.45, 2.75) is 39.7 Å². The maximum atomic E-state index is 13.2. The number of benzene rings is 2. The number of aromatic nitrogens is 1. The van der Waals surface area contributed by atoms with Crippen LogP contribution in [-0.4, -0.2) is 60.0 Å². The minimum atomic E-state index is 0.129. The summed E-state index contributed by atoms with van der Waals surface area (Å²) in [5.74, 6) is 0.979. The fraction of sp³-hybridized carbons (Fsp3) is 0.407. The molecule has 5 nitrogen and oxygen atoms in total. The fourth-order valence-electron chi connectivity index (χ4n) is 4.62. The van der Waals surface area contributed by atoms with Gasteiger partial charge in [-0.1, -0.05) is 50.2 Å². The lowest BCUT2D eigenvalue weighted by Gasteiger charge is -2.37. The fourth-order valence-corrected chi connectivity index (χ4v) is 5.66. The molecular formula is C27H33N3O2S. The number of methoxy groups -OCH3 is 1. The highest BCUT2D eigenvalue weighted by molar-refractivity contribution is 7.17. The number of carbonyl (C=O) groups is 1. The second-order valence-electron chi connectivity index (χ2n) is 8.48. The van der Waals surface area contributed by atoms with Crippen LogP contribution in [0.15, 0.2) is 48.5 Å². The number of nitrogens with zero attached hydrogens (tertiary/aromatic N) is 3. The number of hydrogen-bond donors (Lipinski definition) is 0. The zero-order valence-corrected chi connectivity index (χ0v) is 20.8. The summed E-state index contributed by atoms with van der Waals surface area (Å²) < 4.78 is 5.24. The van der Waals surface area contributed by atoms with Crippen LogP contribution in [0.3, 0.4) is 0 Å². The first kappa shape index (κ1) is 23.5. The predicted octanol–water partition coefficient (Wildman–Crippen LogP) is 5.74. The molecule has 2 aromatic carbocycles. The molecule has 0 unspecified atom stereocenters. The second kappa shape index (κ2) is 10.5. The van der Waals surface area contributed by atoms with E-state index in [0.717, 1.165) is 77.0 Å². The van der Waals surface area contributed by atoms with E-state index in [4.69, 9.17) is 9.72 Å². The molecular weight excluding hydrogens is 430 g/mol. The van der Waals surface area contributed by atoms with Gasteiger partial charge >= 0.3 is 0 Å². The standard InChI is InChI=1S/C27H33N3O2S/c1-5-29(6-2)23-15-17-30(18-16-23)27(31)25-19(3)28-26(33-25)22-9-7-20(8-10-22)21-11-13-24(32-4)14-12-21/h7-14,23H,5-6,15-18H2,1-4H3. The highest BCUT2D eigenvalue weighted by Gasteiger charge is 2.28. The number of ether oxygens (including phenoxy) is 1. The minimum Gasteiger partial charge on any atom is -0.497 e. The van der Waals surface area contributed by atoms with Gasteiger partial charge < -0.3 is 14.5 Å². The van der Waals surface area contributed by atoms with Crippen molar-refractivity contribution in [3.63, 3.8) is 0 Å². The van der Waals surface area contributed by atoms with Crippen molar-refractivity contribution < 1.29 is 9.53 Å². The van der Waals surface area contributed by atoms with Gasteiger partial charge in [0.15, 0.2) is 0 Å². The Bertz CT molecular complexity index is 1060. The molecule has 4 rings (SSSR count). The normalized spacial score (nSPS) is 14.6. The van der Waals surface area contributed by atoms with Crippen molar-refractivity contribution >= 4 is 17.2 Å². The molecule has 0 radical (unpaired) electrons. The molecule has 1 aliphatic rings. The quantitative estimate of drug-likeness (QED) is 0.448. The van der Waals surface area contributed by atoms with Gasteiger partial charge in [-0.3, -0.25) is 4.79 Å². The van der Waals surface area contributed by atoms with Gasteiger partial charge in [0, 0.05) is 24.7 Å². The monoisotopic (exact) mass is 463 g/mol. The summed E-state index contributed by atoms with van der Waals surface area (Å²) in [7, 11) is 1.67. The number of thiazole rings is 1. The third-order valence-electron chi connectivity index (χ3n) is 6.63. The Hall–Kier alpha value is -2.70. The van der Waals surface area contributed by atoms with Crippen LogP contribution in [0.2, 0.25) is 0 Å². The number of rotatable bonds is 7. The van der Waals surface area contributed by atoms with Crippen molar-refractivity contribution in [2.75, 3.05) is 33.3 Å². The van der Waals surface area contributed by atoms with Crippen LogP contribution in [0.25, 0.3) is 21.7 Å². The Morgan fingerprint density at radius 1 is 1.00 bits per heavy atom. The maximum Gasteiger partial charge on any atom is 0.265 e. The molecule has 6 heteroatoms. The highest BCUT2D eigenvalue weighted by atomic mass is 32.1. The van der Waals surface area contributed by atoms with E-state index in [-0.39, 0.29) is 5.91 Å². The molecule has 1 saturated heterocycles. The van der Waals surface area contributed by atoms with Gasteiger partial charge in [0.25, 0.3) is 5.91 Å². The third kappa shape index (κ3) is 5.12. The van der Waals surface area contributed by atoms with Gasteiger partial charge in [-0.2, -0.15) is 0 Å². The number of amides is 1. The molecule has 0 atom stereocenters. The molecule has 0 spiro atoms. The molecule has 33 heavy (non-hydrogen) atoms. The van der Waals surface area contributed by atoms with E-state index in [1.165, 1.54) is 11.3 Å². The van der Waals surface area contributed by atoms with Crippen molar-refractivity contribution in [3.8, 4) is 27.4 Å². The SMILES string of the molecule is CCN(CC)C1CCN(C(=O)c2sc(-c3ccc(-c4ccc(OC)cc4)cc3)nc2C)CC1. The Kier molecular flexibility index (Phi) is 7.46. The number of carbonyl (C=O) groups excluding carboxylic acids is 1. The Labute approximate surface area is 201 Å². The lowest BCUT2D eigenvalue weighted by atomic mass is 10.0. The summed E-state index contributed by atoms with van der Waals surface area (Å²) >= 11 is 1.51. The third-order valence-corrected chi connectivity index (χ3v) is 7.82. The second-order valence-corrected chi connectivity index (χ2v) is 9.48. The van der Waals surface area contributed by atoms with Crippen LogP contribution in [0, 0.1) is 6.92 Å². The largest absolute Gasteiger partial charge is 0.497 e.